The van der Waals surface area contributed by atoms with Crippen LogP contribution in [0, 0.1) is 11.8 Å². The van der Waals surface area contributed by atoms with Crippen LogP contribution in [0.25, 0.3) is 22.6 Å². The van der Waals surface area contributed by atoms with E-state index >= 15 is 0 Å². The molecule has 0 bridgehead atoms. The van der Waals surface area contributed by atoms with Crippen molar-refractivity contribution < 1.29 is 0 Å². The lowest BCUT2D eigenvalue weighted by molar-refractivity contribution is 0.554. The van der Waals surface area contributed by atoms with Gasteiger partial charge in [0, 0.05) is 31.9 Å². The molecule has 8 heteroatoms. The summed E-state index contributed by atoms with van der Waals surface area (Å²) in [5.74, 6) is 7.01. The SMILES string of the molecule is CCCn1c(=O)c2c(nc(-c3cnn(CC#Cc4cccc(C(C)(C)C)c4)c3)n2C)n(CCC)c1=O. The second kappa shape index (κ2) is 10.0. The van der Waals surface area contributed by atoms with Crippen molar-refractivity contribution in [3.63, 3.8) is 0 Å². The third-order valence-corrected chi connectivity index (χ3v) is 6.23. The van der Waals surface area contributed by atoms with Crippen LogP contribution in [-0.2, 0) is 32.1 Å². The molecule has 0 saturated carbocycles. The zero-order valence-corrected chi connectivity index (χ0v) is 22.0. The summed E-state index contributed by atoms with van der Waals surface area (Å²) in [6.45, 7) is 11.8. The lowest BCUT2D eigenvalue weighted by Gasteiger charge is -2.18. The van der Waals surface area contributed by atoms with Gasteiger partial charge in [-0.15, -0.1) is 0 Å². The Morgan fingerprint density at radius 3 is 2.44 bits per heavy atom. The number of aromatic nitrogens is 6. The highest BCUT2D eigenvalue weighted by Crippen LogP contribution is 2.23. The molecular formula is C28H34N6O2. The van der Waals surface area contributed by atoms with E-state index in [1.54, 1.807) is 20.0 Å². The van der Waals surface area contributed by atoms with E-state index in [0.29, 0.717) is 43.0 Å². The predicted octanol–water partition coefficient (Wildman–Crippen LogP) is 3.93. The molecule has 0 unspecified atom stereocenters. The van der Waals surface area contributed by atoms with E-state index in [9.17, 15) is 9.59 Å². The Hall–Kier alpha value is -3.86. The van der Waals surface area contributed by atoms with Crippen LogP contribution in [0.3, 0.4) is 0 Å². The van der Waals surface area contributed by atoms with Gasteiger partial charge in [-0.25, -0.2) is 9.78 Å². The quantitative estimate of drug-likeness (QED) is 0.387. The summed E-state index contributed by atoms with van der Waals surface area (Å²) < 4.78 is 6.44. The number of aryl methyl sites for hydroxylation is 2. The van der Waals surface area contributed by atoms with Crippen molar-refractivity contribution >= 4 is 11.2 Å². The van der Waals surface area contributed by atoms with Gasteiger partial charge in [-0.05, 0) is 36.0 Å². The van der Waals surface area contributed by atoms with Crippen LogP contribution in [0.5, 0.6) is 0 Å². The lowest BCUT2D eigenvalue weighted by Crippen LogP contribution is -2.40. The van der Waals surface area contributed by atoms with E-state index in [0.717, 1.165) is 17.5 Å². The molecule has 36 heavy (non-hydrogen) atoms. The van der Waals surface area contributed by atoms with Crippen molar-refractivity contribution in [3.05, 3.63) is 68.6 Å². The van der Waals surface area contributed by atoms with E-state index in [1.807, 2.05) is 39.2 Å². The Morgan fingerprint density at radius 2 is 1.75 bits per heavy atom. The van der Waals surface area contributed by atoms with Crippen molar-refractivity contribution in [3.8, 4) is 23.2 Å². The highest BCUT2D eigenvalue weighted by molar-refractivity contribution is 5.76. The van der Waals surface area contributed by atoms with Crippen LogP contribution in [0.15, 0.2) is 46.2 Å². The molecule has 0 amide bonds. The molecule has 4 rings (SSSR count). The number of hydrogen-bond acceptors (Lipinski definition) is 4. The molecule has 0 aliphatic carbocycles. The number of rotatable bonds is 6. The largest absolute Gasteiger partial charge is 0.332 e. The van der Waals surface area contributed by atoms with Crippen molar-refractivity contribution in [2.75, 3.05) is 0 Å². The third-order valence-electron chi connectivity index (χ3n) is 6.23. The number of hydrogen-bond donors (Lipinski definition) is 0. The van der Waals surface area contributed by atoms with E-state index < -0.39 is 0 Å². The molecule has 0 fully saturated rings. The van der Waals surface area contributed by atoms with Gasteiger partial charge < -0.3 is 4.57 Å². The molecule has 1 aromatic carbocycles. The first kappa shape index (κ1) is 25.2. The van der Waals surface area contributed by atoms with Gasteiger partial charge in [0.2, 0.25) is 0 Å². The maximum absolute atomic E-state index is 13.2. The molecule has 188 valence electrons. The summed E-state index contributed by atoms with van der Waals surface area (Å²) in [5, 5.41) is 4.45. The van der Waals surface area contributed by atoms with Gasteiger partial charge in [-0.1, -0.05) is 58.6 Å². The first-order chi connectivity index (χ1) is 17.2. The minimum atomic E-state index is -0.304. The standard InChI is InChI=1S/C28H34N6O2/c1-7-14-33-25-23(26(35)34(15-8-2)27(33)36)31(6)24(30-25)21-18-29-32(19-21)16-10-12-20-11-9-13-22(17-20)28(3,4)5/h9,11,13,17-19H,7-8,14-16H2,1-6H3. The van der Waals surface area contributed by atoms with Gasteiger partial charge in [-0.2, -0.15) is 5.10 Å². The first-order valence-corrected chi connectivity index (χ1v) is 12.5. The van der Waals surface area contributed by atoms with Crippen LogP contribution in [-0.4, -0.2) is 28.5 Å². The van der Waals surface area contributed by atoms with E-state index in [-0.39, 0.29) is 16.7 Å². The Labute approximate surface area is 211 Å². The highest BCUT2D eigenvalue weighted by atomic mass is 16.2. The number of benzene rings is 1. The number of nitrogens with zero attached hydrogens (tertiary/aromatic N) is 6. The fourth-order valence-electron chi connectivity index (χ4n) is 4.32. The van der Waals surface area contributed by atoms with Gasteiger partial charge >= 0.3 is 5.69 Å². The van der Waals surface area contributed by atoms with Gasteiger partial charge in [-0.3, -0.25) is 18.6 Å². The number of imidazole rings is 1. The summed E-state index contributed by atoms with van der Waals surface area (Å²) in [7, 11) is 1.81. The Bertz CT molecular complexity index is 1580. The highest BCUT2D eigenvalue weighted by Gasteiger charge is 2.21. The van der Waals surface area contributed by atoms with Crippen molar-refractivity contribution in [1.82, 2.24) is 28.5 Å². The molecule has 3 heterocycles. The van der Waals surface area contributed by atoms with Crippen LogP contribution >= 0.6 is 0 Å². The van der Waals surface area contributed by atoms with Gasteiger partial charge in [0.1, 0.15) is 12.4 Å². The Morgan fingerprint density at radius 1 is 1.03 bits per heavy atom. The van der Waals surface area contributed by atoms with Crippen molar-refractivity contribution in [1.29, 1.82) is 0 Å². The fraction of sp³-hybridized carbons (Fsp3) is 0.429. The molecule has 0 aliphatic heterocycles. The molecule has 0 spiro atoms. The summed E-state index contributed by atoms with van der Waals surface area (Å²) in [6.07, 6.45) is 5.05. The van der Waals surface area contributed by atoms with E-state index in [2.05, 4.69) is 49.8 Å². The molecule has 0 aliphatic rings. The molecule has 0 N–H and O–H groups in total. The second-order valence-electron chi connectivity index (χ2n) is 10.1. The molecule has 4 aromatic rings. The predicted molar refractivity (Wildman–Crippen MR) is 143 cm³/mol. The van der Waals surface area contributed by atoms with Gasteiger partial charge in [0.05, 0.1) is 11.8 Å². The smallest absolute Gasteiger partial charge is 0.321 e. The van der Waals surface area contributed by atoms with Crippen molar-refractivity contribution in [2.45, 2.75) is 72.5 Å². The zero-order valence-electron chi connectivity index (χ0n) is 22.0. The monoisotopic (exact) mass is 486 g/mol. The number of fused-ring (bicyclic) bond motifs is 1. The molecule has 0 saturated heterocycles. The van der Waals surface area contributed by atoms with Gasteiger partial charge in [0.25, 0.3) is 5.56 Å². The Kier molecular flexibility index (Phi) is 7.02. The average molecular weight is 487 g/mol. The van der Waals surface area contributed by atoms with E-state index in [4.69, 9.17) is 4.98 Å². The van der Waals surface area contributed by atoms with Crippen LogP contribution in [0.1, 0.15) is 58.6 Å². The van der Waals surface area contributed by atoms with Crippen LogP contribution in [0.2, 0.25) is 0 Å². The summed E-state index contributed by atoms with van der Waals surface area (Å²) in [6, 6.07) is 8.30. The first-order valence-electron chi connectivity index (χ1n) is 12.5. The molecule has 0 radical (unpaired) electrons. The topological polar surface area (TPSA) is 79.6 Å². The molecule has 8 nitrogen and oxygen atoms in total. The maximum Gasteiger partial charge on any atom is 0.332 e. The molecule has 0 atom stereocenters. The summed E-state index contributed by atoms with van der Waals surface area (Å²) in [4.78, 5) is 30.9. The van der Waals surface area contributed by atoms with E-state index in [1.165, 1.54) is 10.1 Å². The normalized spacial score (nSPS) is 11.6. The van der Waals surface area contributed by atoms with Crippen LogP contribution < -0.4 is 11.2 Å². The average Bonchev–Trinajstić information content (AvgIpc) is 3.43. The fourth-order valence-corrected chi connectivity index (χ4v) is 4.32. The maximum atomic E-state index is 13.2. The minimum Gasteiger partial charge on any atom is -0.321 e. The molecular weight excluding hydrogens is 452 g/mol. The summed E-state index contributed by atoms with van der Waals surface area (Å²) in [5.41, 5.74) is 3.30. The van der Waals surface area contributed by atoms with Crippen LogP contribution in [0.4, 0.5) is 0 Å². The van der Waals surface area contributed by atoms with Crippen molar-refractivity contribution in [2.24, 2.45) is 7.05 Å². The van der Waals surface area contributed by atoms with Gasteiger partial charge in [0.15, 0.2) is 11.2 Å². The Balaban J connectivity index is 1.67. The lowest BCUT2D eigenvalue weighted by atomic mass is 9.86. The zero-order chi connectivity index (χ0) is 26.0. The second-order valence-corrected chi connectivity index (χ2v) is 10.1. The third kappa shape index (κ3) is 4.78. The summed E-state index contributed by atoms with van der Waals surface area (Å²) >= 11 is 0. The molecule has 3 aromatic heterocycles. The minimum absolute atomic E-state index is 0.0715.